The van der Waals surface area contributed by atoms with E-state index in [0.717, 1.165) is 49.4 Å². The maximum Gasteiger partial charge on any atom is 0.132 e. The van der Waals surface area contributed by atoms with Crippen molar-refractivity contribution >= 4 is 5.82 Å². The highest BCUT2D eigenvalue weighted by molar-refractivity contribution is 5.40. The molecule has 4 nitrogen and oxygen atoms in total. The lowest BCUT2D eigenvalue weighted by molar-refractivity contribution is 0.182. The van der Waals surface area contributed by atoms with Gasteiger partial charge in [-0.2, -0.15) is 0 Å². The molecule has 106 valence electrons. The summed E-state index contributed by atoms with van der Waals surface area (Å²) in [7, 11) is 2.13. The Balaban J connectivity index is 2.07. The number of anilines is 1. The van der Waals surface area contributed by atoms with Gasteiger partial charge in [-0.05, 0) is 44.9 Å². The Morgan fingerprint density at radius 3 is 2.53 bits per heavy atom. The SMILES string of the molecule is CCc1cc(N(C)C2CCC(CO)CC2)nc(C)n1. The van der Waals surface area contributed by atoms with E-state index < -0.39 is 0 Å². The summed E-state index contributed by atoms with van der Waals surface area (Å²) in [6.07, 6.45) is 5.48. The third-order valence-corrected chi connectivity index (χ3v) is 4.22. The number of aliphatic hydroxyl groups is 1. The number of nitrogens with zero attached hydrogens (tertiary/aromatic N) is 3. The molecule has 1 heterocycles. The standard InChI is InChI=1S/C15H25N3O/c1-4-13-9-15(17-11(2)16-13)18(3)14-7-5-12(10-19)6-8-14/h9,12,14,19H,4-8,10H2,1-3H3. The highest BCUT2D eigenvalue weighted by atomic mass is 16.3. The van der Waals surface area contributed by atoms with Crippen molar-refractivity contribution in [1.29, 1.82) is 0 Å². The number of hydrogen-bond donors (Lipinski definition) is 1. The van der Waals surface area contributed by atoms with Crippen LogP contribution in [0.2, 0.25) is 0 Å². The first-order valence-corrected chi connectivity index (χ1v) is 7.32. The second-order valence-corrected chi connectivity index (χ2v) is 5.59. The maximum absolute atomic E-state index is 9.20. The van der Waals surface area contributed by atoms with Gasteiger partial charge in [0, 0.05) is 31.5 Å². The predicted octanol–water partition coefficient (Wildman–Crippen LogP) is 2.33. The topological polar surface area (TPSA) is 49.2 Å². The molecule has 0 unspecified atom stereocenters. The van der Waals surface area contributed by atoms with Gasteiger partial charge in [0.2, 0.25) is 0 Å². The quantitative estimate of drug-likeness (QED) is 0.906. The van der Waals surface area contributed by atoms with E-state index in [4.69, 9.17) is 0 Å². The van der Waals surface area contributed by atoms with Gasteiger partial charge >= 0.3 is 0 Å². The fourth-order valence-electron chi connectivity index (χ4n) is 2.88. The lowest BCUT2D eigenvalue weighted by Gasteiger charge is -2.35. The largest absolute Gasteiger partial charge is 0.396 e. The fraction of sp³-hybridized carbons (Fsp3) is 0.733. The molecule has 0 bridgehead atoms. The average Bonchev–Trinajstić information content (AvgIpc) is 2.46. The Kier molecular flexibility index (Phi) is 4.75. The van der Waals surface area contributed by atoms with Crippen molar-refractivity contribution in [2.75, 3.05) is 18.6 Å². The summed E-state index contributed by atoms with van der Waals surface area (Å²) in [5.41, 5.74) is 1.11. The van der Waals surface area contributed by atoms with Crippen LogP contribution in [0.25, 0.3) is 0 Å². The van der Waals surface area contributed by atoms with Gasteiger partial charge in [-0.15, -0.1) is 0 Å². The molecule has 1 fully saturated rings. The van der Waals surface area contributed by atoms with Crippen molar-refractivity contribution in [3.05, 3.63) is 17.6 Å². The molecule has 4 heteroatoms. The van der Waals surface area contributed by atoms with Crippen LogP contribution in [0, 0.1) is 12.8 Å². The van der Waals surface area contributed by atoms with Crippen LogP contribution in [0.1, 0.15) is 44.1 Å². The molecule has 0 amide bonds. The lowest BCUT2D eigenvalue weighted by Crippen LogP contribution is -2.36. The van der Waals surface area contributed by atoms with Crippen LogP contribution in [-0.4, -0.2) is 34.8 Å². The van der Waals surface area contributed by atoms with Gasteiger partial charge < -0.3 is 10.0 Å². The van der Waals surface area contributed by atoms with Crippen molar-refractivity contribution in [3.63, 3.8) is 0 Å². The summed E-state index contributed by atoms with van der Waals surface area (Å²) in [5, 5.41) is 9.20. The normalized spacial score (nSPS) is 23.4. The minimum absolute atomic E-state index is 0.336. The van der Waals surface area contributed by atoms with Gasteiger partial charge in [0.05, 0.1) is 0 Å². The molecule has 0 saturated heterocycles. The second kappa shape index (κ2) is 6.33. The summed E-state index contributed by atoms with van der Waals surface area (Å²) >= 11 is 0. The van der Waals surface area contributed by atoms with Crippen LogP contribution in [-0.2, 0) is 6.42 Å². The van der Waals surface area contributed by atoms with E-state index in [2.05, 4.69) is 34.9 Å². The van der Waals surface area contributed by atoms with Gasteiger partial charge in [0.1, 0.15) is 11.6 Å². The maximum atomic E-state index is 9.20. The molecule has 1 aliphatic carbocycles. The van der Waals surface area contributed by atoms with Gasteiger partial charge in [0.15, 0.2) is 0 Å². The van der Waals surface area contributed by atoms with E-state index in [9.17, 15) is 5.11 Å². The Hall–Kier alpha value is -1.16. The van der Waals surface area contributed by atoms with Gasteiger partial charge in [-0.3, -0.25) is 0 Å². The molecule has 1 aromatic rings. The van der Waals surface area contributed by atoms with Crippen molar-refractivity contribution in [2.24, 2.45) is 5.92 Å². The highest BCUT2D eigenvalue weighted by Crippen LogP contribution is 2.28. The van der Waals surface area contributed by atoms with Gasteiger partial charge in [0.25, 0.3) is 0 Å². The number of aliphatic hydroxyl groups excluding tert-OH is 1. The van der Waals surface area contributed by atoms with Gasteiger partial charge in [-0.25, -0.2) is 9.97 Å². The molecule has 1 aromatic heterocycles. The lowest BCUT2D eigenvalue weighted by atomic mass is 9.86. The number of hydrogen-bond acceptors (Lipinski definition) is 4. The Morgan fingerprint density at radius 1 is 1.26 bits per heavy atom. The van der Waals surface area contributed by atoms with E-state index in [1.165, 1.54) is 0 Å². The molecular weight excluding hydrogens is 238 g/mol. The number of aryl methyl sites for hydroxylation is 2. The Morgan fingerprint density at radius 2 is 1.95 bits per heavy atom. The molecule has 2 rings (SSSR count). The first-order valence-electron chi connectivity index (χ1n) is 7.32. The summed E-state index contributed by atoms with van der Waals surface area (Å²) in [4.78, 5) is 11.3. The molecule has 1 N–H and O–H groups in total. The zero-order valence-corrected chi connectivity index (χ0v) is 12.3. The van der Waals surface area contributed by atoms with Crippen LogP contribution in [0.5, 0.6) is 0 Å². The number of rotatable bonds is 4. The van der Waals surface area contributed by atoms with Crippen molar-refractivity contribution in [3.8, 4) is 0 Å². The smallest absolute Gasteiger partial charge is 0.132 e. The zero-order chi connectivity index (χ0) is 13.8. The Labute approximate surface area is 115 Å². The van der Waals surface area contributed by atoms with Crippen molar-refractivity contribution in [2.45, 2.75) is 52.0 Å². The zero-order valence-electron chi connectivity index (χ0n) is 12.3. The average molecular weight is 263 g/mol. The molecule has 0 aliphatic heterocycles. The van der Waals surface area contributed by atoms with E-state index >= 15 is 0 Å². The van der Waals surface area contributed by atoms with Crippen LogP contribution < -0.4 is 4.90 Å². The van der Waals surface area contributed by atoms with Crippen LogP contribution in [0.15, 0.2) is 6.07 Å². The first kappa shape index (κ1) is 14.3. The summed E-state index contributed by atoms with van der Waals surface area (Å²) < 4.78 is 0. The minimum atomic E-state index is 0.336. The highest BCUT2D eigenvalue weighted by Gasteiger charge is 2.24. The monoisotopic (exact) mass is 263 g/mol. The third-order valence-electron chi connectivity index (χ3n) is 4.22. The van der Waals surface area contributed by atoms with Crippen molar-refractivity contribution in [1.82, 2.24) is 9.97 Å². The van der Waals surface area contributed by atoms with E-state index in [1.54, 1.807) is 0 Å². The van der Waals surface area contributed by atoms with E-state index in [0.29, 0.717) is 18.6 Å². The third kappa shape index (κ3) is 3.44. The molecule has 0 spiro atoms. The fourth-order valence-corrected chi connectivity index (χ4v) is 2.88. The second-order valence-electron chi connectivity index (χ2n) is 5.59. The van der Waals surface area contributed by atoms with E-state index in [-0.39, 0.29) is 0 Å². The van der Waals surface area contributed by atoms with E-state index in [1.807, 2.05) is 6.92 Å². The number of aromatic nitrogens is 2. The molecule has 0 aromatic carbocycles. The molecule has 1 aliphatic rings. The van der Waals surface area contributed by atoms with Crippen molar-refractivity contribution < 1.29 is 5.11 Å². The predicted molar refractivity (Wildman–Crippen MR) is 77.4 cm³/mol. The minimum Gasteiger partial charge on any atom is -0.396 e. The van der Waals surface area contributed by atoms with Crippen LogP contribution in [0.3, 0.4) is 0 Å². The molecule has 1 saturated carbocycles. The first-order chi connectivity index (χ1) is 9.13. The molecular formula is C15H25N3O. The summed E-state index contributed by atoms with van der Waals surface area (Å²) in [6.45, 7) is 4.42. The molecule has 19 heavy (non-hydrogen) atoms. The summed E-state index contributed by atoms with van der Waals surface area (Å²) in [6, 6.07) is 2.65. The summed E-state index contributed by atoms with van der Waals surface area (Å²) in [5.74, 6) is 2.39. The van der Waals surface area contributed by atoms with Gasteiger partial charge in [-0.1, -0.05) is 6.92 Å². The Bertz CT molecular complexity index is 414. The van der Waals surface area contributed by atoms with Crippen LogP contribution >= 0.6 is 0 Å². The molecule has 0 radical (unpaired) electrons. The molecule has 0 atom stereocenters. The van der Waals surface area contributed by atoms with Crippen LogP contribution in [0.4, 0.5) is 5.82 Å².